The molecule has 0 aliphatic heterocycles. The highest BCUT2D eigenvalue weighted by Crippen LogP contribution is 2.24. The number of aromatic nitrogens is 1. The van der Waals surface area contributed by atoms with E-state index in [0.29, 0.717) is 18.2 Å². The van der Waals surface area contributed by atoms with Crippen LogP contribution in [-0.4, -0.2) is 49.1 Å². The van der Waals surface area contributed by atoms with Gasteiger partial charge in [0.2, 0.25) is 5.91 Å². The van der Waals surface area contributed by atoms with Crippen LogP contribution in [0.4, 0.5) is 0 Å². The van der Waals surface area contributed by atoms with Gasteiger partial charge in [-0.2, -0.15) is 0 Å². The Labute approximate surface area is 155 Å². The minimum absolute atomic E-state index is 0.229. The van der Waals surface area contributed by atoms with E-state index in [0.717, 1.165) is 5.56 Å². The second-order valence-electron chi connectivity index (χ2n) is 5.14. The van der Waals surface area contributed by atoms with Crippen molar-refractivity contribution in [3.63, 3.8) is 0 Å². The van der Waals surface area contributed by atoms with Crippen LogP contribution in [-0.2, 0) is 20.8 Å². The normalized spacial score (nSPS) is 11.8. The van der Waals surface area contributed by atoms with Crippen molar-refractivity contribution in [2.75, 3.05) is 27.4 Å². The fraction of sp³-hybridized carbons (Fsp3) is 0.353. The Bertz CT molecular complexity index is 708. The van der Waals surface area contributed by atoms with Crippen molar-refractivity contribution in [2.24, 2.45) is 0 Å². The summed E-state index contributed by atoms with van der Waals surface area (Å²) < 4.78 is 9.72. The van der Waals surface area contributed by atoms with Gasteiger partial charge in [0, 0.05) is 19.0 Å². The topological polar surface area (TPSA) is 68.7 Å². The standard InChI is InChI=1S/C17H19ClN2O4S/c1-23-9-8-20(10-14-19-13(11-25-14)17(22)24-2)16(21)15(18)12-6-4-3-5-7-12/h3-7,11,15H,8-10H2,1-2H3. The van der Waals surface area contributed by atoms with Gasteiger partial charge in [0.05, 0.1) is 20.3 Å². The first-order chi connectivity index (χ1) is 12.1. The first-order valence-corrected chi connectivity index (χ1v) is 8.88. The monoisotopic (exact) mass is 382 g/mol. The number of rotatable bonds is 8. The highest BCUT2D eigenvalue weighted by Gasteiger charge is 2.25. The molecule has 0 fully saturated rings. The fourth-order valence-electron chi connectivity index (χ4n) is 2.14. The third-order valence-electron chi connectivity index (χ3n) is 3.46. The Morgan fingerprint density at radius 2 is 2.00 bits per heavy atom. The first kappa shape index (κ1) is 19.4. The SMILES string of the molecule is COCCN(Cc1nc(C(=O)OC)cs1)C(=O)C(Cl)c1ccccc1. The van der Waals surface area contributed by atoms with Gasteiger partial charge in [-0.3, -0.25) is 4.79 Å². The summed E-state index contributed by atoms with van der Waals surface area (Å²) in [6.45, 7) is 0.998. The Morgan fingerprint density at radius 1 is 1.28 bits per heavy atom. The number of methoxy groups -OCH3 is 2. The average Bonchev–Trinajstić information content (AvgIpc) is 3.12. The lowest BCUT2D eigenvalue weighted by Crippen LogP contribution is -2.35. The molecule has 1 unspecified atom stereocenters. The van der Waals surface area contributed by atoms with E-state index >= 15 is 0 Å². The molecule has 2 aromatic rings. The molecule has 1 heterocycles. The van der Waals surface area contributed by atoms with Crippen LogP contribution in [0.5, 0.6) is 0 Å². The first-order valence-electron chi connectivity index (χ1n) is 7.56. The number of carbonyl (C=O) groups excluding carboxylic acids is 2. The van der Waals surface area contributed by atoms with Crippen molar-refractivity contribution in [1.82, 2.24) is 9.88 Å². The van der Waals surface area contributed by atoms with Crippen molar-refractivity contribution >= 4 is 34.8 Å². The molecule has 25 heavy (non-hydrogen) atoms. The van der Waals surface area contributed by atoms with E-state index in [-0.39, 0.29) is 18.1 Å². The quantitative estimate of drug-likeness (QED) is 0.518. The predicted molar refractivity (Wildman–Crippen MR) is 95.8 cm³/mol. The molecule has 1 aromatic heterocycles. The van der Waals surface area contributed by atoms with Gasteiger partial charge in [-0.25, -0.2) is 9.78 Å². The van der Waals surface area contributed by atoms with E-state index in [4.69, 9.17) is 16.3 Å². The Kier molecular flexibility index (Phi) is 7.36. The number of nitrogens with zero attached hydrogens (tertiary/aromatic N) is 2. The van der Waals surface area contributed by atoms with E-state index in [9.17, 15) is 9.59 Å². The minimum atomic E-state index is -0.793. The second-order valence-corrected chi connectivity index (χ2v) is 6.52. The molecule has 134 valence electrons. The molecule has 8 heteroatoms. The van der Waals surface area contributed by atoms with Gasteiger partial charge in [-0.15, -0.1) is 22.9 Å². The highest BCUT2D eigenvalue weighted by molar-refractivity contribution is 7.09. The van der Waals surface area contributed by atoms with Gasteiger partial charge >= 0.3 is 5.97 Å². The number of alkyl halides is 1. The largest absolute Gasteiger partial charge is 0.464 e. The van der Waals surface area contributed by atoms with Gasteiger partial charge in [0.1, 0.15) is 10.4 Å². The fourth-order valence-corrected chi connectivity index (χ4v) is 3.20. The molecule has 6 nitrogen and oxygen atoms in total. The third-order valence-corrected chi connectivity index (χ3v) is 4.73. The molecule has 0 radical (unpaired) electrons. The van der Waals surface area contributed by atoms with Crippen LogP contribution >= 0.6 is 22.9 Å². The summed E-state index contributed by atoms with van der Waals surface area (Å²) in [5, 5.41) is 1.44. The molecule has 0 saturated carbocycles. The lowest BCUT2D eigenvalue weighted by Gasteiger charge is -2.24. The predicted octanol–water partition coefficient (Wildman–Crippen LogP) is 2.88. The van der Waals surface area contributed by atoms with Gasteiger partial charge in [0.25, 0.3) is 0 Å². The molecule has 2 rings (SSSR count). The number of hydrogen-bond acceptors (Lipinski definition) is 6. The van der Waals surface area contributed by atoms with Crippen LogP contribution in [0.1, 0.15) is 26.4 Å². The smallest absolute Gasteiger partial charge is 0.357 e. The molecule has 0 spiro atoms. The molecule has 1 aromatic carbocycles. The molecule has 0 saturated heterocycles. The van der Waals surface area contributed by atoms with Crippen molar-refractivity contribution in [3.8, 4) is 0 Å². The average molecular weight is 383 g/mol. The van der Waals surface area contributed by atoms with Gasteiger partial charge in [-0.05, 0) is 5.56 Å². The summed E-state index contributed by atoms with van der Waals surface area (Å²) in [4.78, 5) is 30.1. The number of carbonyl (C=O) groups is 2. The summed E-state index contributed by atoms with van der Waals surface area (Å²) in [7, 11) is 2.87. The Balaban J connectivity index is 2.13. The van der Waals surface area contributed by atoms with Crippen molar-refractivity contribution in [3.05, 3.63) is 52.0 Å². The summed E-state index contributed by atoms with van der Waals surface area (Å²) in [5.74, 6) is -0.739. The zero-order chi connectivity index (χ0) is 18.2. The second kappa shape index (κ2) is 9.50. The zero-order valence-corrected chi connectivity index (χ0v) is 15.5. The molecule has 1 amide bonds. The maximum absolute atomic E-state index is 12.8. The number of halogens is 1. The van der Waals surface area contributed by atoms with Crippen molar-refractivity contribution in [1.29, 1.82) is 0 Å². The Hall–Kier alpha value is -1.96. The highest BCUT2D eigenvalue weighted by atomic mass is 35.5. The van der Waals surface area contributed by atoms with Crippen LogP contribution in [0.2, 0.25) is 0 Å². The Morgan fingerprint density at radius 3 is 2.64 bits per heavy atom. The summed E-state index contributed by atoms with van der Waals surface area (Å²) in [6.07, 6.45) is 0. The molecule has 0 aliphatic rings. The third kappa shape index (κ3) is 5.26. The summed E-state index contributed by atoms with van der Waals surface area (Å²) in [5.41, 5.74) is 0.957. The van der Waals surface area contributed by atoms with Crippen LogP contribution in [0, 0.1) is 0 Å². The molecule has 0 N–H and O–H groups in total. The number of ether oxygens (including phenoxy) is 2. The number of benzene rings is 1. The summed E-state index contributed by atoms with van der Waals surface area (Å²) >= 11 is 7.64. The number of hydrogen-bond donors (Lipinski definition) is 0. The number of esters is 1. The van der Waals surface area contributed by atoms with Crippen LogP contribution in [0.25, 0.3) is 0 Å². The van der Waals surface area contributed by atoms with Crippen LogP contribution in [0.3, 0.4) is 0 Å². The van der Waals surface area contributed by atoms with Crippen molar-refractivity contribution < 1.29 is 19.1 Å². The minimum Gasteiger partial charge on any atom is -0.464 e. The molecular weight excluding hydrogens is 364 g/mol. The molecule has 1 atom stereocenters. The van der Waals surface area contributed by atoms with Gasteiger partial charge in [-0.1, -0.05) is 30.3 Å². The van der Waals surface area contributed by atoms with Crippen molar-refractivity contribution in [2.45, 2.75) is 11.9 Å². The van der Waals surface area contributed by atoms with E-state index in [1.807, 2.05) is 30.3 Å². The maximum atomic E-state index is 12.8. The van der Waals surface area contributed by atoms with Gasteiger partial charge < -0.3 is 14.4 Å². The van der Waals surface area contributed by atoms with E-state index < -0.39 is 11.3 Å². The number of amides is 1. The van der Waals surface area contributed by atoms with E-state index in [2.05, 4.69) is 9.72 Å². The van der Waals surface area contributed by atoms with E-state index in [1.165, 1.54) is 18.4 Å². The zero-order valence-electron chi connectivity index (χ0n) is 14.0. The maximum Gasteiger partial charge on any atom is 0.357 e. The lowest BCUT2D eigenvalue weighted by molar-refractivity contribution is -0.132. The van der Waals surface area contributed by atoms with Crippen LogP contribution < -0.4 is 0 Å². The number of thiazole rings is 1. The molecule has 0 bridgehead atoms. The summed E-state index contributed by atoms with van der Waals surface area (Å²) in [6, 6.07) is 9.15. The van der Waals surface area contributed by atoms with E-state index in [1.54, 1.807) is 17.4 Å². The van der Waals surface area contributed by atoms with Crippen LogP contribution in [0.15, 0.2) is 35.7 Å². The van der Waals surface area contributed by atoms with Gasteiger partial charge in [0.15, 0.2) is 5.69 Å². The lowest BCUT2D eigenvalue weighted by atomic mass is 10.1. The molecule has 0 aliphatic carbocycles. The molecular formula is C17H19ClN2O4S.